The summed E-state index contributed by atoms with van der Waals surface area (Å²) < 4.78 is 36.9. The summed E-state index contributed by atoms with van der Waals surface area (Å²) in [7, 11) is -3.98. The van der Waals surface area contributed by atoms with Gasteiger partial charge in [-0.25, -0.2) is 4.57 Å². The number of benzene rings is 2. The van der Waals surface area contributed by atoms with Crippen LogP contribution >= 0.6 is 7.60 Å². The van der Waals surface area contributed by atoms with Gasteiger partial charge in [0, 0.05) is 19.6 Å². The Hall–Kier alpha value is -2.63. The van der Waals surface area contributed by atoms with Gasteiger partial charge in [-0.2, -0.15) is 0 Å². The van der Waals surface area contributed by atoms with Crippen LogP contribution in [0.4, 0.5) is 0 Å². The topological polar surface area (TPSA) is 88.1 Å². The lowest BCUT2D eigenvalue weighted by Gasteiger charge is -2.26. The van der Waals surface area contributed by atoms with E-state index in [2.05, 4.69) is 0 Å². The molecule has 0 amide bonds. The molecule has 0 N–H and O–H groups in total. The zero-order valence-electron chi connectivity index (χ0n) is 21.9. The molecule has 0 spiro atoms. The minimum absolute atomic E-state index is 0.173. The average Bonchev–Trinajstić information content (AvgIpc) is 2.90. The van der Waals surface area contributed by atoms with Crippen molar-refractivity contribution in [3.05, 3.63) is 60.7 Å². The summed E-state index contributed by atoms with van der Waals surface area (Å²) in [5.74, 6) is 0.137. The normalized spacial score (nSPS) is 12.0. The molecule has 0 aromatic heterocycles. The van der Waals surface area contributed by atoms with Gasteiger partial charge in [-0.3, -0.25) is 4.79 Å². The van der Waals surface area contributed by atoms with Crippen molar-refractivity contribution >= 4 is 19.9 Å². The molecular weight excluding hydrogens is 491 g/mol. The molecule has 0 bridgehead atoms. The van der Waals surface area contributed by atoms with Gasteiger partial charge in [-0.05, 0) is 63.3 Å². The maximum Gasteiger partial charge on any atom is 0.445 e. The number of carbonyl (C=O) groups is 2. The van der Waals surface area contributed by atoms with E-state index in [0.717, 1.165) is 51.2 Å². The second-order valence-corrected chi connectivity index (χ2v) is 10.9. The highest BCUT2D eigenvalue weighted by Gasteiger charge is 2.45. The SMILES string of the molecule is CCOC(=O)C(CCCCOCCCCCCCCC=O)P(=O)(Oc1ccccc1)Oc1ccccc1. The Labute approximate surface area is 221 Å². The van der Waals surface area contributed by atoms with Gasteiger partial charge in [0.05, 0.1) is 6.61 Å². The Morgan fingerprint density at radius 3 is 1.84 bits per heavy atom. The zero-order chi connectivity index (χ0) is 26.6. The molecule has 1 atom stereocenters. The monoisotopic (exact) mass is 532 g/mol. The molecule has 37 heavy (non-hydrogen) atoms. The Kier molecular flexibility index (Phi) is 15.4. The smallest absolute Gasteiger partial charge is 0.445 e. The van der Waals surface area contributed by atoms with Crippen molar-refractivity contribution in [2.75, 3.05) is 19.8 Å². The first-order chi connectivity index (χ1) is 18.1. The second kappa shape index (κ2) is 18.6. The second-order valence-electron chi connectivity index (χ2n) is 8.80. The van der Waals surface area contributed by atoms with Crippen molar-refractivity contribution in [1.82, 2.24) is 0 Å². The number of aldehydes is 1. The number of carbonyl (C=O) groups excluding carboxylic acids is 2. The summed E-state index contributed by atoms with van der Waals surface area (Å²) >= 11 is 0. The van der Waals surface area contributed by atoms with E-state index in [0.29, 0.717) is 44.0 Å². The van der Waals surface area contributed by atoms with Crippen LogP contribution < -0.4 is 9.05 Å². The predicted octanol–water partition coefficient (Wildman–Crippen LogP) is 7.39. The minimum Gasteiger partial charge on any atom is -0.465 e. The molecule has 2 aromatic rings. The molecule has 2 rings (SSSR count). The molecule has 8 heteroatoms. The van der Waals surface area contributed by atoms with E-state index >= 15 is 0 Å². The van der Waals surface area contributed by atoms with Gasteiger partial charge in [0.2, 0.25) is 0 Å². The number of ether oxygens (including phenoxy) is 2. The van der Waals surface area contributed by atoms with Gasteiger partial charge in [0.25, 0.3) is 0 Å². The fraction of sp³-hybridized carbons (Fsp3) is 0.517. The molecule has 204 valence electrons. The van der Waals surface area contributed by atoms with E-state index in [4.69, 9.17) is 18.5 Å². The third kappa shape index (κ3) is 12.4. The average molecular weight is 533 g/mol. The van der Waals surface area contributed by atoms with Crippen LogP contribution in [0.15, 0.2) is 60.7 Å². The van der Waals surface area contributed by atoms with Gasteiger partial charge < -0.3 is 23.3 Å². The molecule has 7 nitrogen and oxygen atoms in total. The number of hydrogen-bond acceptors (Lipinski definition) is 7. The van der Waals surface area contributed by atoms with Crippen molar-refractivity contribution in [3.8, 4) is 11.5 Å². The van der Waals surface area contributed by atoms with E-state index in [-0.39, 0.29) is 6.61 Å². The summed E-state index contributed by atoms with van der Waals surface area (Å²) in [6, 6.07) is 17.5. The summed E-state index contributed by atoms with van der Waals surface area (Å²) in [5.41, 5.74) is -1.06. The quantitative estimate of drug-likeness (QED) is 0.0717. The molecule has 0 saturated heterocycles. The highest BCUT2D eigenvalue weighted by Crippen LogP contribution is 2.54. The first kappa shape index (κ1) is 30.6. The van der Waals surface area contributed by atoms with Crippen LogP contribution in [-0.2, 0) is 23.6 Å². The number of unbranched alkanes of at least 4 members (excludes halogenated alkanes) is 7. The standard InChI is InChI=1S/C29H41O7P/c1-2-34-29(31)28(22-14-17-25-33-24-16-7-5-3-4-6-15-23-30)37(32,35-26-18-10-8-11-19-26)36-27-20-12-9-13-21-27/h8-13,18-21,23,28H,2-7,14-17,22,24-25H2,1H3. The summed E-state index contributed by atoms with van der Waals surface area (Å²) in [6.07, 6.45) is 9.77. The van der Waals surface area contributed by atoms with E-state index in [1.165, 1.54) is 0 Å². The van der Waals surface area contributed by atoms with Crippen molar-refractivity contribution in [2.45, 2.75) is 76.8 Å². The number of rotatable bonds is 21. The van der Waals surface area contributed by atoms with Crippen LogP contribution in [0.25, 0.3) is 0 Å². The molecule has 0 aliphatic carbocycles. The van der Waals surface area contributed by atoms with Crippen LogP contribution in [0.2, 0.25) is 0 Å². The molecular formula is C29H41O7P. The summed E-state index contributed by atoms with van der Waals surface area (Å²) in [6.45, 7) is 3.15. The minimum atomic E-state index is -3.98. The van der Waals surface area contributed by atoms with Gasteiger partial charge in [0.1, 0.15) is 17.8 Å². The number of hydrogen-bond donors (Lipinski definition) is 0. The predicted molar refractivity (Wildman–Crippen MR) is 145 cm³/mol. The van der Waals surface area contributed by atoms with E-state index in [1.54, 1.807) is 55.5 Å². The molecule has 0 saturated carbocycles. The highest BCUT2D eigenvalue weighted by atomic mass is 31.2. The number of para-hydroxylation sites is 2. The maximum atomic E-state index is 14.1. The van der Waals surface area contributed by atoms with E-state index in [1.807, 2.05) is 12.1 Å². The molecule has 0 aliphatic heterocycles. The van der Waals surface area contributed by atoms with Gasteiger partial charge in [-0.1, -0.05) is 62.1 Å². The summed E-state index contributed by atoms with van der Waals surface area (Å²) in [4.78, 5) is 23.2. The van der Waals surface area contributed by atoms with E-state index < -0.39 is 19.2 Å². The van der Waals surface area contributed by atoms with Crippen molar-refractivity contribution < 1.29 is 32.7 Å². The van der Waals surface area contributed by atoms with Crippen molar-refractivity contribution in [2.24, 2.45) is 0 Å². The molecule has 0 aliphatic rings. The third-order valence-electron chi connectivity index (χ3n) is 5.77. The Morgan fingerprint density at radius 1 is 0.784 bits per heavy atom. The largest absolute Gasteiger partial charge is 0.465 e. The zero-order valence-corrected chi connectivity index (χ0v) is 22.8. The Bertz CT molecular complexity index is 875. The van der Waals surface area contributed by atoms with Crippen LogP contribution in [-0.4, -0.2) is 37.7 Å². The van der Waals surface area contributed by atoms with Crippen LogP contribution in [0.3, 0.4) is 0 Å². The van der Waals surface area contributed by atoms with Crippen LogP contribution in [0, 0.1) is 0 Å². The lowest BCUT2D eigenvalue weighted by molar-refractivity contribution is -0.143. The molecule has 0 heterocycles. The van der Waals surface area contributed by atoms with Crippen molar-refractivity contribution in [3.63, 3.8) is 0 Å². The lowest BCUT2D eigenvalue weighted by Crippen LogP contribution is -2.28. The van der Waals surface area contributed by atoms with Crippen LogP contribution in [0.5, 0.6) is 11.5 Å². The molecule has 0 fully saturated rings. The molecule has 2 aromatic carbocycles. The first-order valence-electron chi connectivity index (χ1n) is 13.4. The fourth-order valence-corrected chi connectivity index (χ4v) is 5.78. The Morgan fingerprint density at radius 2 is 1.30 bits per heavy atom. The van der Waals surface area contributed by atoms with Gasteiger partial charge in [0.15, 0.2) is 5.66 Å². The van der Waals surface area contributed by atoms with E-state index in [9.17, 15) is 14.2 Å². The molecule has 1 unspecified atom stereocenters. The lowest BCUT2D eigenvalue weighted by atomic mass is 10.1. The number of esters is 1. The summed E-state index contributed by atoms with van der Waals surface area (Å²) in [5, 5.41) is 0. The first-order valence-corrected chi connectivity index (χ1v) is 15.0. The molecule has 0 radical (unpaired) electrons. The van der Waals surface area contributed by atoms with Crippen LogP contribution in [0.1, 0.15) is 71.1 Å². The van der Waals surface area contributed by atoms with Gasteiger partial charge in [-0.15, -0.1) is 0 Å². The highest BCUT2D eigenvalue weighted by molar-refractivity contribution is 7.56. The third-order valence-corrected chi connectivity index (χ3v) is 7.93. The fourth-order valence-electron chi connectivity index (χ4n) is 3.83. The Balaban J connectivity index is 1.88. The maximum absolute atomic E-state index is 14.1. The van der Waals surface area contributed by atoms with Gasteiger partial charge >= 0.3 is 13.6 Å². The van der Waals surface area contributed by atoms with Crippen molar-refractivity contribution in [1.29, 1.82) is 0 Å².